The molecule has 0 atom stereocenters. The average Bonchev–Trinajstić information content (AvgIpc) is 2.57. The molecule has 0 unspecified atom stereocenters. The van der Waals surface area contributed by atoms with E-state index >= 15 is 0 Å². The molecule has 0 aromatic heterocycles. The first-order valence-electron chi connectivity index (χ1n) is 7.12. The summed E-state index contributed by atoms with van der Waals surface area (Å²) < 4.78 is 8.81. The van der Waals surface area contributed by atoms with Crippen molar-refractivity contribution in [3.63, 3.8) is 0 Å². The molecule has 0 aliphatic carbocycles. The maximum atomic E-state index is 6.00. The molecule has 0 N–H and O–H groups in total. The first-order valence-corrected chi connectivity index (χ1v) is 9.27. The van der Waals surface area contributed by atoms with Crippen LogP contribution in [0.1, 0.15) is 11.1 Å². The van der Waals surface area contributed by atoms with Crippen LogP contribution in [0.2, 0.25) is 0 Å². The van der Waals surface area contributed by atoms with Gasteiger partial charge in [-0.15, -0.1) is 0 Å². The summed E-state index contributed by atoms with van der Waals surface area (Å²) in [5, 5.41) is 0. The Kier molecular flexibility index (Phi) is 3.47. The summed E-state index contributed by atoms with van der Waals surface area (Å²) in [7, 11) is 0. The molecule has 106 valence electrons. The molecule has 3 aromatic carbocycles. The van der Waals surface area contributed by atoms with Gasteiger partial charge in [-0.1, -0.05) is 43.0 Å². The molecule has 0 radical (unpaired) electrons. The van der Waals surface area contributed by atoms with Gasteiger partial charge in [0.25, 0.3) is 0 Å². The van der Waals surface area contributed by atoms with E-state index in [0.29, 0.717) is 0 Å². The fourth-order valence-corrected chi connectivity index (χ4v) is 4.88. The molecule has 0 bridgehead atoms. The van der Waals surface area contributed by atoms with Crippen molar-refractivity contribution in [2.45, 2.75) is 0 Å². The predicted octanol–water partition coefficient (Wildman–Crippen LogP) is 1.98. The second-order valence-corrected chi connectivity index (χ2v) is 8.14. The highest BCUT2D eigenvalue weighted by Crippen LogP contribution is 2.42. The van der Waals surface area contributed by atoms with Crippen molar-refractivity contribution in [2.75, 3.05) is 0 Å². The molecule has 1 aliphatic heterocycles. The van der Waals surface area contributed by atoms with Gasteiger partial charge < -0.3 is 4.74 Å². The van der Waals surface area contributed by atoms with Crippen molar-refractivity contribution >= 4 is 5.57 Å². The Balaban J connectivity index is 1.71. The number of para-hydroxylation sites is 1. The zero-order valence-corrected chi connectivity index (χ0v) is 14.1. The van der Waals surface area contributed by atoms with E-state index in [1.165, 1.54) is 7.14 Å². The summed E-state index contributed by atoms with van der Waals surface area (Å²) in [6.45, 7) is 4.28. The summed E-state index contributed by atoms with van der Waals surface area (Å²) in [4.78, 5) is 0. The first kappa shape index (κ1) is 13.6. The van der Waals surface area contributed by atoms with Crippen molar-refractivity contribution in [2.24, 2.45) is 0 Å². The van der Waals surface area contributed by atoms with Gasteiger partial charge in [0.1, 0.15) is 11.5 Å². The number of ether oxygens (including phenoxy) is 1. The highest BCUT2D eigenvalue weighted by molar-refractivity contribution is 5.86. The minimum Gasteiger partial charge on any atom is -0.456 e. The van der Waals surface area contributed by atoms with Crippen LogP contribution in [0.5, 0.6) is 11.5 Å². The van der Waals surface area contributed by atoms with E-state index in [2.05, 4.69) is 61.2 Å². The molecule has 1 heterocycles. The van der Waals surface area contributed by atoms with E-state index < -0.39 is 0 Å². The molecule has 0 amide bonds. The molecule has 4 rings (SSSR count). The first-order chi connectivity index (χ1) is 10.8. The summed E-state index contributed by atoms with van der Waals surface area (Å²) in [6.07, 6.45) is 0. The van der Waals surface area contributed by atoms with Crippen molar-refractivity contribution in [3.05, 3.63) is 97.6 Å². The molecule has 1 aliphatic rings. The van der Waals surface area contributed by atoms with Gasteiger partial charge in [-0.2, -0.15) is 0 Å². The molecule has 0 saturated heterocycles. The fraction of sp³-hybridized carbons (Fsp3) is 0. The Morgan fingerprint density at radius 1 is 0.682 bits per heavy atom. The number of hydrogen-bond donors (Lipinski definition) is 0. The molecular formula is C20H14IO+. The highest BCUT2D eigenvalue weighted by atomic mass is 127. The van der Waals surface area contributed by atoms with Crippen LogP contribution in [0.15, 0.2) is 79.4 Å². The molecule has 0 spiro atoms. The lowest BCUT2D eigenvalue weighted by molar-refractivity contribution is -0.597. The lowest BCUT2D eigenvalue weighted by Crippen LogP contribution is -3.61. The van der Waals surface area contributed by atoms with E-state index in [4.69, 9.17) is 4.74 Å². The van der Waals surface area contributed by atoms with E-state index in [1.807, 2.05) is 18.2 Å². The summed E-state index contributed by atoms with van der Waals surface area (Å²) >= 11 is -0.172. The smallest absolute Gasteiger partial charge is 0.357 e. The third-order valence-corrected chi connectivity index (χ3v) is 6.29. The van der Waals surface area contributed by atoms with Crippen molar-refractivity contribution < 1.29 is 25.9 Å². The van der Waals surface area contributed by atoms with Gasteiger partial charge in [-0.3, -0.25) is 0 Å². The minimum atomic E-state index is -0.172. The minimum absolute atomic E-state index is 0.172. The second-order valence-electron chi connectivity index (χ2n) is 5.11. The van der Waals surface area contributed by atoms with Crippen molar-refractivity contribution in [1.29, 1.82) is 0 Å². The SMILES string of the molecule is C=C1c2ccccc2Oc2ccc([I+]c3ccccc3)cc21. The van der Waals surface area contributed by atoms with Crippen LogP contribution < -0.4 is 25.9 Å². The summed E-state index contributed by atoms with van der Waals surface area (Å²) in [5.74, 6) is 1.80. The van der Waals surface area contributed by atoms with Crippen molar-refractivity contribution in [1.82, 2.24) is 0 Å². The molecular weight excluding hydrogens is 383 g/mol. The molecule has 22 heavy (non-hydrogen) atoms. The predicted molar refractivity (Wildman–Crippen MR) is 84.9 cm³/mol. The third-order valence-electron chi connectivity index (χ3n) is 3.65. The Labute approximate surface area is 140 Å². The van der Waals surface area contributed by atoms with Crippen LogP contribution in [-0.4, -0.2) is 0 Å². The van der Waals surface area contributed by atoms with Crippen LogP contribution in [0.4, 0.5) is 0 Å². The lowest BCUT2D eigenvalue weighted by atomic mass is 9.96. The maximum absolute atomic E-state index is 6.00. The Morgan fingerprint density at radius 2 is 1.41 bits per heavy atom. The normalized spacial score (nSPS) is 12.3. The van der Waals surface area contributed by atoms with Crippen LogP contribution in [0.3, 0.4) is 0 Å². The topological polar surface area (TPSA) is 9.23 Å². The monoisotopic (exact) mass is 397 g/mol. The Bertz CT molecular complexity index is 853. The molecule has 0 fully saturated rings. The van der Waals surface area contributed by atoms with E-state index in [-0.39, 0.29) is 21.2 Å². The fourth-order valence-electron chi connectivity index (χ4n) is 2.56. The van der Waals surface area contributed by atoms with E-state index in [0.717, 1.165) is 28.2 Å². The van der Waals surface area contributed by atoms with Gasteiger partial charge in [0.05, 0.1) is 0 Å². The lowest BCUT2D eigenvalue weighted by Gasteiger charge is -2.21. The van der Waals surface area contributed by atoms with Crippen molar-refractivity contribution in [3.8, 4) is 11.5 Å². The van der Waals surface area contributed by atoms with Crippen LogP contribution >= 0.6 is 0 Å². The van der Waals surface area contributed by atoms with Gasteiger partial charge in [-0.05, 0) is 35.9 Å². The van der Waals surface area contributed by atoms with Gasteiger partial charge >= 0.3 is 21.2 Å². The number of fused-ring (bicyclic) bond motifs is 2. The van der Waals surface area contributed by atoms with Crippen LogP contribution in [-0.2, 0) is 0 Å². The zero-order valence-electron chi connectivity index (χ0n) is 11.9. The molecule has 0 saturated carbocycles. The van der Waals surface area contributed by atoms with Gasteiger partial charge in [0.15, 0.2) is 7.14 Å². The molecule has 2 heteroatoms. The average molecular weight is 397 g/mol. The number of rotatable bonds is 2. The van der Waals surface area contributed by atoms with E-state index in [1.54, 1.807) is 0 Å². The quantitative estimate of drug-likeness (QED) is 0.471. The van der Waals surface area contributed by atoms with Gasteiger partial charge in [0.2, 0.25) is 0 Å². The van der Waals surface area contributed by atoms with Gasteiger partial charge in [0, 0.05) is 17.2 Å². The number of benzene rings is 3. The third kappa shape index (κ3) is 2.44. The summed E-state index contributed by atoms with van der Waals surface area (Å²) in [6, 6.07) is 25.3. The largest absolute Gasteiger partial charge is 0.456 e. The second kappa shape index (κ2) is 5.61. The number of hydrogen-bond acceptors (Lipinski definition) is 1. The zero-order chi connectivity index (χ0) is 14.9. The van der Waals surface area contributed by atoms with Crippen LogP contribution in [0.25, 0.3) is 5.57 Å². The molecule has 3 aromatic rings. The van der Waals surface area contributed by atoms with E-state index in [9.17, 15) is 0 Å². The maximum Gasteiger partial charge on any atom is 0.357 e. The number of halogens is 1. The summed E-state index contributed by atoms with van der Waals surface area (Å²) in [5.41, 5.74) is 3.26. The highest BCUT2D eigenvalue weighted by Gasteiger charge is 2.24. The molecule has 1 nitrogen and oxygen atoms in total. The van der Waals surface area contributed by atoms with Gasteiger partial charge in [-0.25, -0.2) is 0 Å². The Morgan fingerprint density at radius 3 is 2.27 bits per heavy atom. The van der Waals surface area contributed by atoms with Crippen LogP contribution in [0, 0.1) is 7.14 Å². The Hall–Kier alpha value is -2.07. The standard InChI is InChI=1S/C20H14IO/c1-14-17-9-5-6-10-19(17)22-20-12-11-16(13-18(14)20)21-15-7-3-2-4-8-15/h2-13H,1H2/q+1.